The average Bonchev–Trinajstić information content (AvgIpc) is 2.56. The summed E-state index contributed by atoms with van der Waals surface area (Å²) in [5.74, 6) is -1.74. The molecule has 0 radical (unpaired) electrons. The number of ether oxygens (including phenoxy) is 1. The van der Waals surface area contributed by atoms with Crippen molar-refractivity contribution in [1.82, 2.24) is 0 Å². The number of para-hydroxylation sites is 1. The summed E-state index contributed by atoms with van der Waals surface area (Å²) in [5, 5.41) is 1.15. The Kier molecular flexibility index (Phi) is 8.22. The maximum atomic E-state index is 12.6. The average molecular weight is 307 g/mol. The third-order valence-electron chi connectivity index (χ3n) is 3.50. The van der Waals surface area contributed by atoms with Crippen molar-refractivity contribution in [2.24, 2.45) is 5.92 Å². The molecule has 0 fully saturated rings. The predicted molar refractivity (Wildman–Crippen MR) is 85.2 cm³/mol. The van der Waals surface area contributed by atoms with Gasteiger partial charge in [-0.2, -0.15) is 5.06 Å². The zero-order chi connectivity index (χ0) is 16.4. The summed E-state index contributed by atoms with van der Waals surface area (Å²) < 4.78 is 4.78. The Bertz CT molecular complexity index is 461. The van der Waals surface area contributed by atoms with Crippen molar-refractivity contribution < 1.29 is 19.2 Å². The molecule has 0 aliphatic carbocycles. The van der Waals surface area contributed by atoms with Gasteiger partial charge in [0, 0.05) is 0 Å². The Morgan fingerprint density at radius 1 is 1.09 bits per heavy atom. The lowest BCUT2D eigenvalue weighted by Gasteiger charge is -2.23. The van der Waals surface area contributed by atoms with Crippen molar-refractivity contribution in [1.29, 1.82) is 0 Å². The SMILES string of the molecule is CCCCCC[C@H](C(=O)OC)C(=O)N(OC)c1ccccc1. The molecule has 0 saturated heterocycles. The summed E-state index contributed by atoms with van der Waals surface area (Å²) in [7, 11) is 2.71. The molecule has 5 nitrogen and oxygen atoms in total. The molecule has 1 aromatic rings. The molecule has 1 aromatic carbocycles. The first-order chi connectivity index (χ1) is 10.7. The molecule has 0 bridgehead atoms. The van der Waals surface area contributed by atoms with Crippen LogP contribution in [-0.4, -0.2) is 26.1 Å². The Balaban J connectivity index is 2.82. The van der Waals surface area contributed by atoms with Gasteiger partial charge in [-0.1, -0.05) is 50.8 Å². The number of carbonyl (C=O) groups is 2. The number of esters is 1. The summed E-state index contributed by atoms with van der Waals surface area (Å²) in [5.41, 5.74) is 0.595. The van der Waals surface area contributed by atoms with E-state index in [4.69, 9.17) is 9.57 Å². The van der Waals surface area contributed by atoms with Gasteiger partial charge in [0.05, 0.1) is 19.9 Å². The lowest BCUT2D eigenvalue weighted by atomic mass is 9.99. The number of carbonyl (C=O) groups excluding carboxylic acids is 2. The van der Waals surface area contributed by atoms with Gasteiger partial charge in [-0.05, 0) is 18.6 Å². The zero-order valence-electron chi connectivity index (χ0n) is 13.6. The summed E-state index contributed by atoms with van der Waals surface area (Å²) in [6.45, 7) is 2.12. The maximum absolute atomic E-state index is 12.6. The molecular formula is C17H25NO4. The molecule has 1 amide bonds. The highest BCUT2D eigenvalue weighted by atomic mass is 16.7. The maximum Gasteiger partial charge on any atom is 0.318 e. The van der Waals surface area contributed by atoms with Gasteiger partial charge in [0.2, 0.25) is 0 Å². The van der Waals surface area contributed by atoms with E-state index in [0.717, 1.165) is 30.7 Å². The third-order valence-corrected chi connectivity index (χ3v) is 3.50. The summed E-state index contributed by atoms with van der Waals surface area (Å²) >= 11 is 0. The van der Waals surface area contributed by atoms with Crippen LogP contribution >= 0.6 is 0 Å². The van der Waals surface area contributed by atoms with Crippen LogP contribution in [0.1, 0.15) is 39.0 Å². The quantitative estimate of drug-likeness (QED) is 0.304. The first-order valence-electron chi connectivity index (χ1n) is 7.66. The second-order valence-corrected chi connectivity index (χ2v) is 5.08. The molecular weight excluding hydrogens is 282 g/mol. The van der Waals surface area contributed by atoms with Crippen LogP contribution in [0.25, 0.3) is 0 Å². The van der Waals surface area contributed by atoms with Gasteiger partial charge in [-0.15, -0.1) is 0 Å². The number of rotatable bonds is 9. The van der Waals surface area contributed by atoms with Crippen molar-refractivity contribution in [2.75, 3.05) is 19.3 Å². The van der Waals surface area contributed by atoms with Crippen LogP contribution in [0.4, 0.5) is 5.69 Å². The number of methoxy groups -OCH3 is 1. The minimum absolute atomic E-state index is 0.392. The fourth-order valence-corrected chi connectivity index (χ4v) is 2.29. The molecule has 22 heavy (non-hydrogen) atoms. The first-order valence-corrected chi connectivity index (χ1v) is 7.66. The monoisotopic (exact) mass is 307 g/mol. The van der Waals surface area contributed by atoms with Crippen molar-refractivity contribution in [3.8, 4) is 0 Å². The van der Waals surface area contributed by atoms with Crippen molar-refractivity contribution in [3.05, 3.63) is 30.3 Å². The second kappa shape index (κ2) is 9.95. The van der Waals surface area contributed by atoms with Gasteiger partial charge in [0.1, 0.15) is 5.92 Å². The lowest BCUT2D eigenvalue weighted by molar-refractivity contribution is -0.151. The van der Waals surface area contributed by atoms with E-state index >= 15 is 0 Å². The van der Waals surface area contributed by atoms with Crippen molar-refractivity contribution in [3.63, 3.8) is 0 Å². The van der Waals surface area contributed by atoms with Gasteiger partial charge in [0.15, 0.2) is 0 Å². The molecule has 1 atom stereocenters. The fraction of sp³-hybridized carbons (Fsp3) is 0.529. The second-order valence-electron chi connectivity index (χ2n) is 5.08. The van der Waals surface area contributed by atoms with Crippen LogP contribution in [0.3, 0.4) is 0 Å². The number of unbranched alkanes of at least 4 members (excludes halogenated alkanes) is 3. The topological polar surface area (TPSA) is 55.8 Å². The van der Waals surface area contributed by atoms with E-state index in [1.165, 1.54) is 14.2 Å². The van der Waals surface area contributed by atoms with Crippen LogP contribution in [0.15, 0.2) is 30.3 Å². The molecule has 1 rings (SSSR count). The minimum atomic E-state index is -0.831. The normalized spacial score (nSPS) is 11.8. The highest BCUT2D eigenvalue weighted by molar-refractivity contribution is 6.05. The van der Waals surface area contributed by atoms with E-state index in [9.17, 15) is 9.59 Å². The number of hydroxylamine groups is 1. The largest absolute Gasteiger partial charge is 0.468 e. The van der Waals surface area contributed by atoms with Crippen LogP contribution in [0.2, 0.25) is 0 Å². The molecule has 0 aromatic heterocycles. The molecule has 0 unspecified atom stereocenters. The fourth-order valence-electron chi connectivity index (χ4n) is 2.29. The Labute approximate surface area is 132 Å². The number of hydrogen-bond acceptors (Lipinski definition) is 4. The smallest absolute Gasteiger partial charge is 0.318 e. The van der Waals surface area contributed by atoms with Gasteiger partial charge < -0.3 is 4.74 Å². The van der Waals surface area contributed by atoms with E-state index in [0.29, 0.717) is 12.1 Å². The van der Waals surface area contributed by atoms with E-state index in [1.54, 1.807) is 12.1 Å². The van der Waals surface area contributed by atoms with Crippen molar-refractivity contribution in [2.45, 2.75) is 39.0 Å². The molecule has 0 aliphatic heterocycles. The Morgan fingerprint density at radius 2 is 1.77 bits per heavy atom. The Hall–Kier alpha value is -1.88. The summed E-state index contributed by atoms with van der Waals surface area (Å²) in [6, 6.07) is 8.98. The number of nitrogens with zero attached hydrogens (tertiary/aromatic N) is 1. The summed E-state index contributed by atoms with van der Waals surface area (Å²) in [4.78, 5) is 29.8. The minimum Gasteiger partial charge on any atom is -0.468 e. The molecule has 0 saturated carbocycles. The molecule has 0 aliphatic rings. The summed E-state index contributed by atoms with van der Waals surface area (Å²) in [6.07, 6.45) is 4.47. The zero-order valence-corrected chi connectivity index (χ0v) is 13.6. The molecule has 0 N–H and O–H groups in total. The van der Waals surface area contributed by atoms with E-state index in [2.05, 4.69) is 6.92 Å². The van der Waals surface area contributed by atoms with Crippen molar-refractivity contribution >= 4 is 17.6 Å². The van der Waals surface area contributed by atoms with E-state index in [-0.39, 0.29) is 0 Å². The lowest BCUT2D eigenvalue weighted by Crippen LogP contribution is -2.39. The Morgan fingerprint density at radius 3 is 2.32 bits per heavy atom. The predicted octanol–water partition coefficient (Wildman–Crippen LogP) is 3.34. The molecule has 0 heterocycles. The van der Waals surface area contributed by atoms with Gasteiger partial charge in [-0.25, -0.2) is 0 Å². The molecule has 0 spiro atoms. The van der Waals surface area contributed by atoms with Gasteiger partial charge in [0.25, 0.3) is 5.91 Å². The van der Waals surface area contributed by atoms with Gasteiger partial charge in [-0.3, -0.25) is 14.4 Å². The van der Waals surface area contributed by atoms with Crippen LogP contribution in [0, 0.1) is 5.92 Å². The van der Waals surface area contributed by atoms with Crippen LogP contribution in [-0.2, 0) is 19.2 Å². The molecule has 122 valence electrons. The number of benzene rings is 1. The van der Waals surface area contributed by atoms with Crippen LogP contribution < -0.4 is 5.06 Å². The van der Waals surface area contributed by atoms with Gasteiger partial charge >= 0.3 is 5.97 Å². The third kappa shape index (κ3) is 5.15. The van der Waals surface area contributed by atoms with Crippen LogP contribution in [0.5, 0.6) is 0 Å². The number of hydrogen-bond donors (Lipinski definition) is 0. The highest BCUT2D eigenvalue weighted by Crippen LogP contribution is 2.21. The number of amides is 1. The highest BCUT2D eigenvalue weighted by Gasteiger charge is 2.32. The first kappa shape index (κ1) is 18.2. The number of anilines is 1. The standard InChI is InChI=1S/C17H25NO4/c1-4-5-6-10-13-15(17(20)21-2)16(19)18(22-3)14-11-8-7-9-12-14/h7-9,11-12,15H,4-6,10,13H2,1-3H3/t15-/m0/s1. The molecule has 5 heteroatoms. The van der Waals surface area contributed by atoms with E-state index < -0.39 is 17.8 Å². The van der Waals surface area contributed by atoms with E-state index in [1.807, 2.05) is 18.2 Å².